The fourth-order valence-electron chi connectivity index (χ4n) is 0.770. The van der Waals surface area contributed by atoms with Crippen molar-refractivity contribution < 1.29 is 23.9 Å². The Morgan fingerprint density at radius 2 is 1.73 bits per heavy atom. The quantitative estimate of drug-likeness (QED) is 0.162. The first-order valence-electron chi connectivity index (χ1n) is 4.58. The second-order valence-electron chi connectivity index (χ2n) is 2.59. The van der Waals surface area contributed by atoms with Gasteiger partial charge in [0.1, 0.15) is 5.57 Å². The molecule has 0 aliphatic rings. The number of Topliss-reactive ketones (excluding diaryl/α,β-unsaturated/α-hetero) is 2. The molecule has 0 rings (SSSR count). The number of esters is 1. The lowest BCUT2D eigenvalue weighted by Gasteiger charge is -2.02. The average Bonchev–Trinajstić information content (AvgIpc) is 2.18. The van der Waals surface area contributed by atoms with Crippen LogP contribution in [0, 0.1) is 0 Å². The van der Waals surface area contributed by atoms with Gasteiger partial charge in [0, 0.05) is 0 Å². The highest BCUT2D eigenvalue weighted by atomic mass is 16.5. The Morgan fingerprint density at radius 1 is 1.13 bits per heavy atom. The van der Waals surface area contributed by atoms with Crippen LogP contribution in [-0.4, -0.2) is 30.7 Å². The summed E-state index contributed by atoms with van der Waals surface area (Å²) < 4.78 is 9.27. The summed E-state index contributed by atoms with van der Waals surface area (Å²) in [6, 6.07) is 0. The van der Waals surface area contributed by atoms with Crippen LogP contribution in [0.3, 0.4) is 0 Å². The summed E-state index contributed by atoms with van der Waals surface area (Å²) in [5, 5.41) is 0. The van der Waals surface area contributed by atoms with Crippen LogP contribution < -0.4 is 0 Å². The lowest BCUT2D eigenvalue weighted by Crippen LogP contribution is -2.23. The molecule has 0 bridgehead atoms. The van der Waals surface area contributed by atoms with Crippen LogP contribution in [0.5, 0.6) is 0 Å². The minimum Gasteiger partial charge on any atom is -0.501 e. The normalized spacial score (nSPS) is 10.7. The largest absolute Gasteiger partial charge is 0.501 e. The van der Waals surface area contributed by atoms with E-state index in [1.165, 1.54) is 6.92 Å². The molecule has 15 heavy (non-hydrogen) atoms. The van der Waals surface area contributed by atoms with E-state index in [0.29, 0.717) is 6.61 Å². The molecule has 0 atom stereocenters. The summed E-state index contributed by atoms with van der Waals surface area (Å²) in [5.74, 6) is -2.54. The van der Waals surface area contributed by atoms with Gasteiger partial charge in [-0.2, -0.15) is 0 Å². The number of carbonyl (C=O) groups is 3. The summed E-state index contributed by atoms with van der Waals surface area (Å²) >= 11 is 0. The Hall–Kier alpha value is -1.65. The lowest BCUT2D eigenvalue weighted by atomic mass is 10.1. The van der Waals surface area contributed by atoms with Gasteiger partial charge in [0.15, 0.2) is 5.78 Å². The fourth-order valence-corrected chi connectivity index (χ4v) is 0.770. The SMILES string of the molecule is CCOC=C(C(C)=O)C(=O)C(=O)OCC. The molecular formula is C10H14O5. The maximum Gasteiger partial charge on any atom is 0.379 e. The van der Waals surface area contributed by atoms with Gasteiger partial charge in [-0.3, -0.25) is 9.59 Å². The van der Waals surface area contributed by atoms with Crippen LogP contribution in [0.1, 0.15) is 20.8 Å². The van der Waals surface area contributed by atoms with E-state index >= 15 is 0 Å². The van der Waals surface area contributed by atoms with E-state index in [1.54, 1.807) is 13.8 Å². The molecule has 0 radical (unpaired) electrons. The molecular weight excluding hydrogens is 200 g/mol. The fraction of sp³-hybridized carbons (Fsp3) is 0.500. The Bertz CT molecular complexity index is 290. The van der Waals surface area contributed by atoms with Crippen LogP contribution in [0.4, 0.5) is 0 Å². The van der Waals surface area contributed by atoms with Crippen molar-refractivity contribution in [1.82, 2.24) is 0 Å². The second-order valence-corrected chi connectivity index (χ2v) is 2.59. The molecule has 0 aromatic rings. The zero-order valence-electron chi connectivity index (χ0n) is 9.03. The molecule has 0 saturated heterocycles. The van der Waals surface area contributed by atoms with Crippen LogP contribution in [-0.2, 0) is 23.9 Å². The highest BCUT2D eigenvalue weighted by Crippen LogP contribution is 2.01. The zero-order chi connectivity index (χ0) is 11.8. The van der Waals surface area contributed by atoms with E-state index in [4.69, 9.17) is 4.74 Å². The van der Waals surface area contributed by atoms with Gasteiger partial charge in [0.2, 0.25) is 0 Å². The number of hydrogen-bond acceptors (Lipinski definition) is 5. The Kier molecular flexibility index (Phi) is 6.01. The molecule has 5 nitrogen and oxygen atoms in total. The summed E-state index contributed by atoms with van der Waals surface area (Å²) in [5.41, 5.74) is -0.296. The maximum absolute atomic E-state index is 11.3. The second kappa shape index (κ2) is 6.75. The van der Waals surface area contributed by atoms with E-state index < -0.39 is 17.5 Å². The first kappa shape index (κ1) is 13.4. The molecule has 0 fully saturated rings. The van der Waals surface area contributed by atoms with Gasteiger partial charge >= 0.3 is 5.97 Å². The summed E-state index contributed by atoms with van der Waals surface area (Å²) in [4.78, 5) is 33.4. The highest BCUT2D eigenvalue weighted by Gasteiger charge is 2.23. The third-order valence-corrected chi connectivity index (χ3v) is 1.45. The van der Waals surface area contributed by atoms with E-state index in [0.717, 1.165) is 6.26 Å². The molecule has 0 amide bonds. The van der Waals surface area contributed by atoms with E-state index in [-0.39, 0.29) is 12.2 Å². The van der Waals surface area contributed by atoms with E-state index in [1.807, 2.05) is 0 Å². The molecule has 0 aromatic carbocycles. The first-order chi connectivity index (χ1) is 7.04. The zero-order valence-corrected chi connectivity index (χ0v) is 9.03. The molecule has 0 spiro atoms. The van der Waals surface area contributed by atoms with Crippen molar-refractivity contribution in [3.63, 3.8) is 0 Å². The molecule has 0 aliphatic carbocycles. The molecule has 0 aliphatic heterocycles. The van der Waals surface area contributed by atoms with Gasteiger partial charge < -0.3 is 9.47 Å². The summed E-state index contributed by atoms with van der Waals surface area (Å²) in [6.45, 7) is 4.85. The van der Waals surface area contributed by atoms with Crippen molar-refractivity contribution in [2.45, 2.75) is 20.8 Å². The van der Waals surface area contributed by atoms with Crippen molar-refractivity contribution in [3.8, 4) is 0 Å². The van der Waals surface area contributed by atoms with Crippen molar-refractivity contribution in [3.05, 3.63) is 11.8 Å². The van der Waals surface area contributed by atoms with Crippen molar-refractivity contribution in [2.75, 3.05) is 13.2 Å². The lowest BCUT2D eigenvalue weighted by molar-refractivity contribution is -0.152. The molecule has 5 heteroatoms. The Balaban J connectivity index is 4.71. The van der Waals surface area contributed by atoms with Gasteiger partial charge in [0.25, 0.3) is 5.78 Å². The Morgan fingerprint density at radius 3 is 2.13 bits per heavy atom. The van der Waals surface area contributed by atoms with Crippen LogP contribution in [0.2, 0.25) is 0 Å². The molecule has 0 aromatic heterocycles. The van der Waals surface area contributed by atoms with Gasteiger partial charge in [0.05, 0.1) is 19.5 Å². The van der Waals surface area contributed by atoms with E-state index in [9.17, 15) is 14.4 Å². The van der Waals surface area contributed by atoms with Crippen LogP contribution in [0.25, 0.3) is 0 Å². The number of rotatable bonds is 6. The molecule has 0 unspecified atom stereocenters. The minimum absolute atomic E-state index is 0.0877. The van der Waals surface area contributed by atoms with Crippen LogP contribution >= 0.6 is 0 Å². The summed E-state index contributed by atoms with van der Waals surface area (Å²) in [6.07, 6.45) is 0.988. The van der Waals surface area contributed by atoms with Crippen molar-refractivity contribution in [2.24, 2.45) is 0 Å². The van der Waals surface area contributed by atoms with Gasteiger partial charge in [-0.25, -0.2) is 4.79 Å². The van der Waals surface area contributed by atoms with Crippen molar-refractivity contribution >= 4 is 17.5 Å². The molecule has 0 heterocycles. The number of hydrogen-bond donors (Lipinski definition) is 0. The third-order valence-electron chi connectivity index (χ3n) is 1.45. The molecule has 0 saturated carbocycles. The number of ketones is 2. The number of ether oxygens (including phenoxy) is 2. The molecule has 84 valence electrons. The van der Waals surface area contributed by atoms with Crippen molar-refractivity contribution in [1.29, 1.82) is 0 Å². The third kappa shape index (κ3) is 4.39. The van der Waals surface area contributed by atoms with Crippen LogP contribution in [0.15, 0.2) is 11.8 Å². The number of carbonyl (C=O) groups excluding carboxylic acids is 3. The van der Waals surface area contributed by atoms with Gasteiger partial charge in [-0.05, 0) is 20.8 Å². The highest BCUT2D eigenvalue weighted by molar-refractivity contribution is 6.47. The maximum atomic E-state index is 11.3. The van der Waals surface area contributed by atoms with Gasteiger partial charge in [-0.1, -0.05) is 0 Å². The monoisotopic (exact) mass is 214 g/mol. The predicted octanol–water partition coefficient (Wildman–Crippen LogP) is 0.628. The topological polar surface area (TPSA) is 69.7 Å². The first-order valence-corrected chi connectivity index (χ1v) is 4.58. The average molecular weight is 214 g/mol. The Labute approximate surface area is 88.0 Å². The van der Waals surface area contributed by atoms with Gasteiger partial charge in [-0.15, -0.1) is 0 Å². The molecule has 0 N–H and O–H groups in total. The smallest absolute Gasteiger partial charge is 0.379 e. The standard InChI is InChI=1S/C10H14O5/c1-4-14-6-8(7(3)11)9(12)10(13)15-5-2/h6H,4-5H2,1-3H3. The predicted molar refractivity (Wildman–Crippen MR) is 52.0 cm³/mol. The van der Waals surface area contributed by atoms with E-state index in [2.05, 4.69) is 4.74 Å². The summed E-state index contributed by atoms with van der Waals surface area (Å²) in [7, 11) is 0. The minimum atomic E-state index is -1.04.